The van der Waals surface area contributed by atoms with Crippen LogP contribution in [-0.2, 0) is 6.42 Å². The van der Waals surface area contributed by atoms with Gasteiger partial charge in [0.25, 0.3) is 0 Å². The third-order valence-corrected chi connectivity index (χ3v) is 11.2. The third-order valence-electron chi connectivity index (χ3n) is 11.2. The first kappa shape index (κ1) is 29.6. The zero-order valence-electron chi connectivity index (χ0n) is 28.8. The zero-order chi connectivity index (χ0) is 35.0. The molecule has 0 fully saturated rings. The van der Waals surface area contributed by atoms with E-state index in [9.17, 15) is 5.26 Å². The number of nitrogens with zero attached hydrogens (tertiary/aromatic N) is 3. The minimum atomic E-state index is 0.653. The van der Waals surface area contributed by atoms with Crippen LogP contribution >= 0.6 is 0 Å². The molecule has 1 aromatic heterocycles. The van der Waals surface area contributed by atoms with E-state index in [4.69, 9.17) is 0 Å². The lowest BCUT2D eigenvalue weighted by atomic mass is 9.91. The lowest BCUT2D eigenvalue weighted by molar-refractivity contribution is 1.09. The Kier molecular flexibility index (Phi) is 6.38. The Morgan fingerprint density at radius 1 is 0.396 bits per heavy atom. The first-order valence-electron chi connectivity index (χ1n) is 18.1. The van der Waals surface area contributed by atoms with E-state index in [-0.39, 0.29) is 0 Å². The predicted molar refractivity (Wildman–Crippen MR) is 221 cm³/mol. The highest BCUT2D eigenvalue weighted by Gasteiger charge is 2.25. The lowest BCUT2D eigenvalue weighted by Crippen LogP contribution is -2.18. The van der Waals surface area contributed by atoms with E-state index in [1.165, 1.54) is 76.7 Å². The Hall–Kier alpha value is -7.15. The molecule has 0 aliphatic carbocycles. The Labute approximate surface area is 306 Å². The molecule has 0 unspecified atom stereocenters. The van der Waals surface area contributed by atoms with Gasteiger partial charge in [-0.05, 0) is 121 Å². The molecule has 0 amide bonds. The summed E-state index contributed by atoms with van der Waals surface area (Å²) in [6.45, 7) is 0. The summed E-state index contributed by atoms with van der Waals surface area (Å²) in [5, 5.41) is 19.7. The van der Waals surface area contributed by atoms with Crippen molar-refractivity contribution in [1.29, 1.82) is 5.26 Å². The van der Waals surface area contributed by atoms with Crippen molar-refractivity contribution in [3.63, 3.8) is 0 Å². The van der Waals surface area contributed by atoms with Crippen LogP contribution in [0.15, 0.2) is 176 Å². The van der Waals surface area contributed by atoms with Gasteiger partial charge >= 0.3 is 0 Å². The van der Waals surface area contributed by atoms with Crippen LogP contribution in [0, 0.1) is 11.3 Å². The van der Waals surface area contributed by atoms with Gasteiger partial charge in [-0.3, -0.25) is 0 Å². The molecule has 10 aromatic rings. The molecule has 0 N–H and O–H groups in total. The van der Waals surface area contributed by atoms with Gasteiger partial charge in [-0.15, -0.1) is 0 Å². The zero-order valence-corrected chi connectivity index (χ0v) is 28.8. The molecule has 0 atom stereocenters. The van der Waals surface area contributed by atoms with Crippen molar-refractivity contribution in [1.82, 2.24) is 4.57 Å². The van der Waals surface area contributed by atoms with E-state index in [0.29, 0.717) is 5.56 Å². The van der Waals surface area contributed by atoms with Crippen LogP contribution in [-0.4, -0.2) is 4.57 Å². The van der Waals surface area contributed by atoms with Crippen LogP contribution in [0.3, 0.4) is 0 Å². The number of nitriles is 1. The first-order valence-corrected chi connectivity index (χ1v) is 18.1. The fourth-order valence-corrected chi connectivity index (χ4v) is 8.80. The molecule has 3 heteroatoms. The summed E-state index contributed by atoms with van der Waals surface area (Å²) < 4.78 is 2.27. The highest BCUT2D eigenvalue weighted by Crippen LogP contribution is 2.47. The van der Waals surface area contributed by atoms with Crippen LogP contribution in [0.4, 0.5) is 17.1 Å². The maximum Gasteiger partial charge on any atom is 0.0992 e. The monoisotopic (exact) mass is 673 g/mol. The third kappa shape index (κ3) is 4.46. The SMILES string of the molecule is N#Cc1cccc(-n2c3ccccc3c3cc(-c4ccc5c(c4)Cc4ccccc4N5c4ccc5c6ccccc6c6ccccc6c5c4)ccc32)c1. The highest BCUT2D eigenvalue weighted by atomic mass is 15.2. The summed E-state index contributed by atoms with van der Waals surface area (Å²) in [4.78, 5) is 2.45. The molecule has 1 aliphatic heterocycles. The Balaban J connectivity index is 1.07. The molecule has 0 saturated heterocycles. The van der Waals surface area contributed by atoms with Crippen molar-refractivity contribution in [2.75, 3.05) is 4.90 Å². The molecule has 0 spiro atoms. The predicted octanol–water partition coefficient (Wildman–Crippen LogP) is 13.2. The smallest absolute Gasteiger partial charge is 0.0992 e. The minimum Gasteiger partial charge on any atom is -0.310 e. The van der Waals surface area contributed by atoms with E-state index in [1.807, 2.05) is 18.2 Å². The quantitative estimate of drug-likeness (QED) is 0.175. The average Bonchev–Trinajstić information content (AvgIpc) is 3.56. The standard InChI is InChI=1S/C50H31N3/c51-31-32-10-9-12-37(26-32)53-49-19-8-6-17-44(49)46-29-34(21-25-50(46)53)33-20-24-48-36(27-33)28-35-11-1-7-18-47(35)52(48)38-22-23-43-41-15-3-2-13-39(41)40-14-4-5-16-42(40)45(43)30-38/h1-27,29-30H,28H2. The van der Waals surface area contributed by atoms with Crippen molar-refractivity contribution in [3.05, 3.63) is 193 Å². The fraction of sp³-hybridized carbons (Fsp3) is 0.0200. The summed E-state index contributed by atoms with van der Waals surface area (Å²) in [6.07, 6.45) is 0.869. The van der Waals surface area contributed by atoms with Crippen molar-refractivity contribution >= 4 is 71.2 Å². The molecule has 0 saturated carbocycles. The van der Waals surface area contributed by atoms with Crippen LogP contribution in [0.1, 0.15) is 16.7 Å². The van der Waals surface area contributed by atoms with Gasteiger partial charge in [-0.25, -0.2) is 0 Å². The van der Waals surface area contributed by atoms with E-state index < -0.39 is 0 Å². The second kappa shape index (κ2) is 11.4. The highest BCUT2D eigenvalue weighted by molar-refractivity contribution is 6.25. The molecule has 246 valence electrons. The van der Waals surface area contributed by atoms with Gasteiger partial charge in [0.2, 0.25) is 0 Å². The summed E-state index contributed by atoms with van der Waals surface area (Å²) in [5.41, 5.74) is 12.5. The van der Waals surface area contributed by atoms with Crippen LogP contribution in [0.2, 0.25) is 0 Å². The van der Waals surface area contributed by atoms with Gasteiger partial charge in [0, 0.05) is 39.9 Å². The van der Waals surface area contributed by atoms with E-state index in [2.05, 4.69) is 173 Å². The number of hydrogen-bond donors (Lipinski definition) is 0. The van der Waals surface area contributed by atoms with Crippen LogP contribution in [0.25, 0.3) is 70.9 Å². The van der Waals surface area contributed by atoms with Gasteiger partial charge in [-0.1, -0.05) is 109 Å². The lowest BCUT2D eigenvalue weighted by Gasteiger charge is -2.34. The fourth-order valence-electron chi connectivity index (χ4n) is 8.80. The molecule has 0 radical (unpaired) electrons. The number of fused-ring (bicyclic) bond motifs is 11. The number of rotatable bonds is 3. The molecule has 3 nitrogen and oxygen atoms in total. The van der Waals surface area contributed by atoms with Gasteiger partial charge in [0.15, 0.2) is 0 Å². The Morgan fingerprint density at radius 3 is 1.81 bits per heavy atom. The largest absolute Gasteiger partial charge is 0.310 e. The van der Waals surface area contributed by atoms with Gasteiger partial charge in [-0.2, -0.15) is 5.26 Å². The summed E-state index contributed by atoms with van der Waals surface area (Å²) in [7, 11) is 0. The number of aromatic nitrogens is 1. The number of para-hydroxylation sites is 2. The van der Waals surface area contributed by atoms with Crippen molar-refractivity contribution in [2.45, 2.75) is 6.42 Å². The second-order valence-electron chi connectivity index (χ2n) is 14.1. The average molecular weight is 674 g/mol. The van der Waals surface area contributed by atoms with Crippen molar-refractivity contribution in [2.24, 2.45) is 0 Å². The molecule has 2 heterocycles. The first-order chi connectivity index (χ1) is 26.2. The maximum absolute atomic E-state index is 9.62. The van der Waals surface area contributed by atoms with Gasteiger partial charge in [0.1, 0.15) is 0 Å². The van der Waals surface area contributed by atoms with Crippen LogP contribution < -0.4 is 4.90 Å². The molecule has 1 aliphatic rings. The summed E-state index contributed by atoms with van der Waals surface area (Å²) in [5.74, 6) is 0. The minimum absolute atomic E-state index is 0.653. The molecular formula is C50H31N3. The van der Waals surface area contributed by atoms with Crippen LogP contribution in [0.5, 0.6) is 0 Å². The van der Waals surface area contributed by atoms with E-state index in [0.717, 1.165) is 28.8 Å². The number of anilines is 3. The number of hydrogen-bond acceptors (Lipinski definition) is 2. The van der Waals surface area contributed by atoms with Gasteiger partial charge < -0.3 is 9.47 Å². The normalized spacial score (nSPS) is 12.4. The maximum atomic E-state index is 9.62. The Bertz CT molecular complexity index is 3140. The van der Waals surface area contributed by atoms with Gasteiger partial charge in [0.05, 0.1) is 22.7 Å². The molecule has 9 aromatic carbocycles. The summed E-state index contributed by atoms with van der Waals surface area (Å²) in [6, 6.07) is 65.9. The molecule has 53 heavy (non-hydrogen) atoms. The Morgan fingerprint density at radius 2 is 1.02 bits per heavy atom. The van der Waals surface area contributed by atoms with E-state index >= 15 is 0 Å². The summed E-state index contributed by atoms with van der Waals surface area (Å²) >= 11 is 0. The molecule has 11 rings (SSSR count). The topological polar surface area (TPSA) is 32.0 Å². The van der Waals surface area contributed by atoms with Crippen molar-refractivity contribution < 1.29 is 0 Å². The van der Waals surface area contributed by atoms with Crippen molar-refractivity contribution in [3.8, 4) is 22.9 Å². The second-order valence-corrected chi connectivity index (χ2v) is 14.1. The molecule has 0 bridgehead atoms. The number of benzene rings is 9. The van der Waals surface area contributed by atoms with E-state index in [1.54, 1.807) is 0 Å². The molecular weight excluding hydrogens is 643 g/mol.